The lowest BCUT2D eigenvalue weighted by Gasteiger charge is -1.99. The Morgan fingerprint density at radius 2 is 1.88 bits per heavy atom. The number of aryl methyl sites for hydroxylation is 2. The number of hydrogen-bond acceptors (Lipinski definition) is 2. The molecule has 90 valence electrons. The highest BCUT2D eigenvalue weighted by atomic mass is 16.3. The van der Waals surface area contributed by atoms with E-state index in [1.807, 2.05) is 13.0 Å². The summed E-state index contributed by atoms with van der Waals surface area (Å²) in [5, 5.41) is 0. The van der Waals surface area contributed by atoms with Gasteiger partial charge in [-0.05, 0) is 25.8 Å². The summed E-state index contributed by atoms with van der Waals surface area (Å²) in [7, 11) is 0. The van der Waals surface area contributed by atoms with Gasteiger partial charge >= 0.3 is 0 Å². The second-order valence-electron chi connectivity index (χ2n) is 4.38. The van der Waals surface area contributed by atoms with Crippen LogP contribution in [0.25, 0.3) is 0 Å². The van der Waals surface area contributed by atoms with Crippen LogP contribution in [-0.2, 0) is 6.42 Å². The van der Waals surface area contributed by atoms with Crippen LogP contribution in [0.3, 0.4) is 0 Å². The molecule has 0 atom stereocenters. The molecule has 1 heterocycles. The Morgan fingerprint density at radius 1 is 1.19 bits per heavy atom. The Hall–Kier alpha value is -1.05. The van der Waals surface area contributed by atoms with E-state index in [-0.39, 0.29) is 0 Å². The van der Waals surface area contributed by atoms with E-state index in [0.717, 1.165) is 30.5 Å². The predicted octanol–water partition coefficient (Wildman–Crippen LogP) is 4.30. The van der Waals surface area contributed by atoms with Crippen LogP contribution in [0, 0.1) is 6.92 Å². The molecule has 1 aromatic heterocycles. The highest BCUT2D eigenvalue weighted by Gasteiger charge is 2.07. The van der Waals surface area contributed by atoms with Gasteiger partial charge < -0.3 is 4.42 Å². The van der Waals surface area contributed by atoms with E-state index < -0.39 is 0 Å². The molecule has 0 radical (unpaired) electrons. The number of furan rings is 1. The molecule has 0 spiro atoms. The molecule has 0 aromatic carbocycles. The first-order chi connectivity index (χ1) is 7.77. The van der Waals surface area contributed by atoms with E-state index in [2.05, 4.69) is 6.92 Å². The topological polar surface area (TPSA) is 30.2 Å². The Labute approximate surface area is 98.0 Å². The van der Waals surface area contributed by atoms with E-state index in [4.69, 9.17) is 4.42 Å². The minimum Gasteiger partial charge on any atom is -0.458 e. The zero-order chi connectivity index (χ0) is 11.8. The molecular weight excluding hydrogens is 200 g/mol. The van der Waals surface area contributed by atoms with Crippen molar-refractivity contribution in [1.82, 2.24) is 0 Å². The molecule has 0 aliphatic carbocycles. The highest BCUT2D eigenvalue weighted by Crippen LogP contribution is 2.16. The van der Waals surface area contributed by atoms with Gasteiger partial charge in [-0.3, -0.25) is 4.79 Å². The van der Waals surface area contributed by atoms with Crippen LogP contribution in [0.4, 0.5) is 0 Å². The van der Waals surface area contributed by atoms with E-state index in [1.165, 1.54) is 32.1 Å². The third-order valence-corrected chi connectivity index (χ3v) is 2.87. The monoisotopic (exact) mass is 222 g/mol. The second-order valence-corrected chi connectivity index (χ2v) is 4.38. The van der Waals surface area contributed by atoms with Gasteiger partial charge in [0.25, 0.3) is 0 Å². The average Bonchev–Trinajstić information content (AvgIpc) is 2.64. The lowest BCUT2D eigenvalue weighted by atomic mass is 10.1. The maximum atomic E-state index is 10.7. The first-order valence-electron chi connectivity index (χ1n) is 6.32. The lowest BCUT2D eigenvalue weighted by molar-refractivity contribution is 0.109. The first-order valence-corrected chi connectivity index (χ1v) is 6.32. The summed E-state index contributed by atoms with van der Waals surface area (Å²) in [4.78, 5) is 10.7. The number of carbonyl (C=O) groups is 1. The van der Waals surface area contributed by atoms with E-state index >= 15 is 0 Å². The van der Waals surface area contributed by atoms with Gasteiger partial charge in [-0.15, -0.1) is 0 Å². The standard InChI is InChI=1S/C14H22O2/c1-3-4-5-6-7-8-9-13-10-12(2)16-14(13)11-15/h10-11H,3-9H2,1-2H3. The number of unbranched alkanes of at least 4 members (excludes halogenated alkanes) is 5. The van der Waals surface area contributed by atoms with Crippen molar-refractivity contribution in [2.75, 3.05) is 0 Å². The van der Waals surface area contributed by atoms with Gasteiger partial charge in [0.1, 0.15) is 5.76 Å². The van der Waals surface area contributed by atoms with Gasteiger partial charge in [0.2, 0.25) is 0 Å². The molecule has 0 aliphatic rings. The summed E-state index contributed by atoms with van der Waals surface area (Å²) >= 11 is 0. The molecule has 2 heteroatoms. The van der Waals surface area contributed by atoms with Gasteiger partial charge in [-0.25, -0.2) is 0 Å². The van der Waals surface area contributed by atoms with Crippen molar-refractivity contribution in [3.05, 3.63) is 23.2 Å². The molecule has 2 nitrogen and oxygen atoms in total. The molecule has 0 amide bonds. The number of carbonyl (C=O) groups excluding carboxylic acids is 1. The highest BCUT2D eigenvalue weighted by molar-refractivity contribution is 5.73. The van der Waals surface area contributed by atoms with Crippen LogP contribution in [0.5, 0.6) is 0 Å². The summed E-state index contributed by atoms with van der Waals surface area (Å²) in [6, 6.07) is 1.98. The molecule has 0 saturated carbocycles. The first kappa shape index (κ1) is 13.0. The normalized spacial score (nSPS) is 10.6. The van der Waals surface area contributed by atoms with Crippen molar-refractivity contribution in [3.8, 4) is 0 Å². The van der Waals surface area contributed by atoms with Crippen molar-refractivity contribution >= 4 is 6.29 Å². The molecule has 16 heavy (non-hydrogen) atoms. The fourth-order valence-electron chi connectivity index (χ4n) is 1.98. The van der Waals surface area contributed by atoms with Gasteiger partial charge in [0.05, 0.1) is 0 Å². The van der Waals surface area contributed by atoms with Gasteiger partial charge in [0, 0.05) is 5.56 Å². The second kappa shape index (κ2) is 7.26. The third kappa shape index (κ3) is 4.21. The van der Waals surface area contributed by atoms with Crippen LogP contribution in [0.15, 0.2) is 10.5 Å². The molecule has 0 unspecified atom stereocenters. The fraction of sp³-hybridized carbons (Fsp3) is 0.643. The van der Waals surface area contributed by atoms with Gasteiger partial charge in [0.15, 0.2) is 12.0 Å². The van der Waals surface area contributed by atoms with Crippen LogP contribution >= 0.6 is 0 Å². The largest absolute Gasteiger partial charge is 0.458 e. The summed E-state index contributed by atoms with van der Waals surface area (Å²) in [5.41, 5.74) is 1.07. The van der Waals surface area contributed by atoms with Crippen molar-refractivity contribution in [3.63, 3.8) is 0 Å². The summed E-state index contributed by atoms with van der Waals surface area (Å²) in [6.45, 7) is 4.11. The Balaban J connectivity index is 2.23. The van der Waals surface area contributed by atoms with E-state index in [1.54, 1.807) is 0 Å². The zero-order valence-corrected chi connectivity index (χ0v) is 10.4. The van der Waals surface area contributed by atoms with Crippen molar-refractivity contribution in [1.29, 1.82) is 0 Å². The van der Waals surface area contributed by atoms with Crippen molar-refractivity contribution in [2.45, 2.75) is 58.8 Å². The Bertz CT molecular complexity index is 313. The summed E-state index contributed by atoms with van der Waals surface area (Å²) < 4.78 is 5.29. The molecule has 0 aliphatic heterocycles. The molecule has 0 N–H and O–H groups in total. The molecule has 0 bridgehead atoms. The fourth-order valence-corrected chi connectivity index (χ4v) is 1.98. The maximum Gasteiger partial charge on any atom is 0.185 e. The molecule has 0 fully saturated rings. The smallest absolute Gasteiger partial charge is 0.185 e. The SMILES string of the molecule is CCCCCCCCc1cc(C)oc1C=O. The number of aldehydes is 1. The van der Waals surface area contributed by atoms with Crippen molar-refractivity contribution in [2.24, 2.45) is 0 Å². The molecule has 0 saturated heterocycles. The van der Waals surface area contributed by atoms with Crippen LogP contribution in [0.1, 0.15) is 67.3 Å². The van der Waals surface area contributed by atoms with E-state index in [0.29, 0.717) is 5.76 Å². The molecule has 1 aromatic rings. The maximum absolute atomic E-state index is 10.7. The van der Waals surface area contributed by atoms with E-state index in [9.17, 15) is 4.79 Å². The summed E-state index contributed by atoms with van der Waals surface area (Å²) in [6.07, 6.45) is 9.46. The number of hydrogen-bond donors (Lipinski definition) is 0. The zero-order valence-electron chi connectivity index (χ0n) is 10.4. The quantitative estimate of drug-likeness (QED) is 0.485. The van der Waals surface area contributed by atoms with Gasteiger partial charge in [-0.2, -0.15) is 0 Å². The molecular formula is C14H22O2. The Kier molecular flexibility index (Phi) is 5.91. The minimum atomic E-state index is 0.519. The Morgan fingerprint density at radius 3 is 2.56 bits per heavy atom. The number of rotatable bonds is 8. The molecule has 1 rings (SSSR count). The third-order valence-electron chi connectivity index (χ3n) is 2.87. The average molecular weight is 222 g/mol. The lowest BCUT2D eigenvalue weighted by Crippen LogP contribution is -1.88. The minimum absolute atomic E-state index is 0.519. The van der Waals surface area contributed by atoms with Gasteiger partial charge in [-0.1, -0.05) is 39.0 Å². The van der Waals surface area contributed by atoms with Crippen LogP contribution < -0.4 is 0 Å². The summed E-state index contributed by atoms with van der Waals surface area (Å²) in [5.74, 6) is 1.36. The van der Waals surface area contributed by atoms with Crippen LogP contribution in [0.2, 0.25) is 0 Å². The van der Waals surface area contributed by atoms with Crippen molar-refractivity contribution < 1.29 is 9.21 Å². The van der Waals surface area contributed by atoms with Crippen LogP contribution in [-0.4, -0.2) is 6.29 Å². The predicted molar refractivity (Wildman–Crippen MR) is 65.9 cm³/mol.